The molecule has 2 rings (SSSR count). The summed E-state index contributed by atoms with van der Waals surface area (Å²) in [7, 11) is 0. The van der Waals surface area contributed by atoms with Gasteiger partial charge in [-0.15, -0.1) is 10.2 Å². The monoisotopic (exact) mass is 261 g/mol. The molecular weight excluding hydrogens is 254 g/mol. The Kier molecular flexibility index (Phi) is 2.59. The second-order valence-corrected chi connectivity index (χ2v) is 5.07. The predicted octanol–water partition coefficient (Wildman–Crippen LogP) is 1.82. The summed E-state index contributed by atoms with van der Waals surface area (Å²) in [5.41, 5.74) is 0. The highest BCUT2D eigenvalue weighted by atomic mass is 79.9. The molecule has 4 nitrogen and oxygen atoms in total. The van der Waals surface area contributed by atoms with Gasteiger partial charge in [-0.3, -0.25) is 9.69 Å². The number of piperidine rings is 1. The Balaban J connectivity index is 2.19. The number of hydrogen-bond acceptors (Lipinski definition) is 4. The van der Waals surface area contributed by atoms with Crippen LogP contribution in [-0.2, 0) is 4.79 Å². The van der Waals surface area contributed by atoms with Gasteiger partial charge in [-0.25, -0.2) is 0 Å². The molecule has 70 valence electrons. The number of hydrogen-bond donors (Lipinski definition) is 0. The summed E-state index contributed by atoms with van der Waals surface area (Å²) in [6, 6.07) is 0. The Hall–Kier alpha value is -0.490. The highest BCUT2D eigenvalue weighted by molar-refractivity contribution is 9.11. The third kappa shape index (κ3) is 1.88. The zero-order chi connectivity index (χ0) is 9.26. The molecular formula is C7H8BrN3OS. The van der Waals surface area contributed by atoms with Crippen LogP contribution >= 0.6 is 27.3 Å². The molecule has 13 heavy (non-hydrogen) atoms. The van der Waals surface area contributed by atoms with Crippen LogP contribution in [0.25, 0.3) is 0 Å². The standard InChI is InChI=1S/C7H8BrN3OS/c8-6-9-10-7(13-6)11-4-2-1-3-5(11)12/h1-4H2. The first-order valence-electron chi connectivity index (χ1n) is 4.07. The van der Waals surface area contributed by atoms with Crippen molar-refractivity contribution in [1.82, 2.24) is 10.2 Å². The molecule has 0 N–H and O–H groups in total. The van der Waals surface area contributed by atoms with Crippen LogP contribution in [0.15, 0.2) is 3.92 Å². The quantitative estimate of drug-likeness (QED) is 0.775. The first-order valence-corrected chi connectivity index (χ1v) is 5.68. The lowest BCUT2D eigenvalue weighted by Crippen LogP contribution is -2.35. The Labute approximate surface area is 88.1 Å². The van der Waals surface area contributed by atoms with E-state index in [0.29, 0.717) is 11.6 Å². The molecule has 1 amide bonds. The van der Waals surface area contributed by atoms with Crippen molar-refractivity contribution in [1.29, 1.82) is 0 Å². The maximum atomic E-state index is 11.5. The maximum Gasteiger partial charge on any atom is 0.228 e. The number of nitrogens with zero attached hydrogens (tertiary/aromatic N) is 3. The van der Waals surface area contributed by atoms with Crippen molar-refractivity contribution in [3.05, 3.63) is 3.92 Å². The Morgan fingerprint density at radius 3 is 2.85 bits per heavy atom. The summed E-state index contributed by atoms with van der Waals surface area (Å²) in [4.78, 5) is 13.2. The topological polar surface area (TPSA) is 46.1 Å². The second kappa shape index (κ2) is 3.71. The van der Waals surface area contributed by atoms with E-state index >= 15 is 0 Å². The molecule has 0 radical (unpaired) electrons. The average molecular weight is 262 g/mol. The lowest BCUT2D eigenvalue weighted by Gasteiger charge is -2.23. The van der Waals surface area contributed by atoms with Gasteiger partial charge in [-0.2, -0.15) is 0 Å². The first-order chi connectivity index (χ1) is 6.27. The summed E-state index contributed by atoms with van der Waals surface area (Å²) in [5.74, 6) is 0.162. The Morgan fingerprint density at radius 1 is 1.38 bits per heavy atom. The molecule has 6 heteroatoms. The maximum absolute atomic E-state index is 11.5. The van der Waals surface area contributed by atoms with Gasteiger partial charge in [0, 0.05) is 13.0 Å². The van der Waals surface area contributed by atoms with Crippen LogP contribution in [0.1, 0.15) is 19.3 Å². The van der Waals surface area contributed by atoms with Gasteiger partial charge in [-0.05, 0) is 28.8 Å². The number of halogens is 1. The number of amides is 1. The van der Waals surface area contributed by atoms with Gasteiger partial charge in [0.25, 0.3) is 0 Å². The molecule has 0 saturated carbocycles. The smallest absolute Gasteiger partial charge is 0.228 e. The number of anilines is 1. The van der Waals surface area contributed by atoms with Crippen LogP contribution in [0.2, 0.25) is 0 Å². The van der Waals surface area contributed by atoms with E-state index in [1.807, 2.05) is 0 Å². The lowest BCUT2D eigenvalue weighted by molar-refractivity contribution is -0.119. The van der Waals surface area contributed by atoms with Gasteiger partial charge in [0.2, 0.25) is 11.0 Å². The zero-order valence-electron chi connectivity index (χ0n) is 6.86. The van der Waals surface area contributed by atoms with Crippen LogP contribution in [0.4, 0.5) is 5.13 Å². The minimum Gasteiger partial charge on any atom is -0.287 e. The van der Waals surface area contributed by atoms with Crippen molar-refractivity contribution >= 4 is 38.3 Å². The summed E-state index contributed by atoms with van der Waals surface area (Å²) < 4.78 is 0.723. The molecule has 0 unspecified atom stereocenters. The minimum atomic E-state index is 0.162. The number of rotatable bonds is 1. The van der Waals surface area contributed by atoms with E-state index < -0.39 is 0 Å². The fourth-order valence-electron chi connectivity index (χ4n) is 1.32. The summed E-state index contributed by atoms with van der Waals surface area (Å²) in [6.07, 6.45) is 2.69. The summed E-state index contributed by atoms with van der Waals surface area (Å²) in [5, 5.41) is 8.44. The zero-order valence-corrected chi connectivity index (χ0v) is 9.27. The first kappa shape index (κ1) is 9.08. The number of carbonyl (C=O) groups excluding carboxylic acids is 1. The molecule has 0 aromatic carbocycles. The molecule has 0 atom stereocenters. The highest BCUT2D eigenvalue weighted by Crippen LogP contribution is 2.26. The highest BCUT2D eigenvalue weighted by Gasteiger charge is 2.22. The van der Waals surface area contributed by atoms with Gasteiger partial charge < -0.3 is 0 Å². The largest absolute Gasteiger partial charge is 0.287 e. The Bertz CT molecular complexity index is 327. The van der Waals surface area contributed by atoms with Gasteiger partial charge in [0.15, 0.2) is 3.92 Å². The SMILES string of the molecule is O=C1CCCCN1c1nnc(Br)s1. The fraction of sp³-hybridized carbons (Fsp3) is 0.571. The number of carbonyl (C=O) groups is 1. The number of aromatic nitrogens is 2. The van der Waals surface area contributed by atoms with Gasteiger partial charge in [0.1, 0.15) is 0 Å². The van der Waals surface area contributed by atoms with Gasteiger partial charge >= 0.3 is 0 Å². The normalized spacial score (nSPS) is 17.9. The summed E-state index contributed by atoms with van der Waals surface area (Å²) >= 11 is 4.62. The van der Waals surface area contributed by atoms with E-state index in [-0.39, 0.29) is 5.91 Å². The second-order valence-electron chi connectivity index (χ2n) is 2.84. The van der Waals surface area contributed by atoms with Crippen molar-refractivity contribution in [2.75, 3.05) is 11.4 Å². The predicted molar refractivity (Wildman–Crippen MR) is 53.8 cm³/mol. The van der Waals surface area contributed by atoms with Crippen molar-refractivity contribution in [3.63, 3.8) is 0 Å². The van der Waals surface area contributed by atoms with Crippen molar-refractivity contribution in [3.8, 4) is 0 Å². The third-order valence-electron chi connectivity index (χ3n) is 1.94. The van der Waals surface area contributed by atoms with E-state index in [0.717, 1.165) is 23.3 Å². The molecule has 1 aromatic rings. The van der Waals surface area contributed by atoms with Gasteiger partial charge in [0.05, 0.1) is 0 Å². The van der Waals surface area contributed by atoms with Crippen LogP contribution in [-0.4, -0.2) is 22.6 Å². The third-order valence-corrected chi connectivity index (χ3v) is 3.32. The lowest BCUT2D eigenvalue weighted by atomic mass is 10.1. The van der Waals surface area contributed by atoms with E-state index in [1.165, 1.54) is 11.3 Å². The van der Waals surface area contributed by atoms with Crippen LogP contribution < -0.4 is 4.90 Å². The van der Waals surface area contributed by atoms with Crippen LogP contribution in [0.5, 0.6) is 0 Å². The fourth-order valence-corrected chi connectivity index (χ4v) is 2.45. The molecule has 1 fully saturated rings. The van der Waals surface area contributed by atoms with Gasteiger partial charge in [-0.1, -0.05) is 11.3 Å². The van der Waals surface area contributed by atoms with Crippen LogP contribution in [0, 0.1) is 0 Å². The molecule has 0 bridgehead atoms. The van der Waals surface area contributed by atoms with Crippen molar-refractivity contribution in [2.24, 2.45) is 0 Å². The van der Waals surface area contributed by atoms with E-state index in [9.17, 15) is 4.79 Å². The molecule has 0 spiro atoms. The van der Waals surface area contributed by atoms with E-state index in [4.69, 9.17) is 0 Å². The van der Waals surface area contributed by atoms with Crippen molar-refractivity contribution < 1.29 is 4.79 Å². The molecule has 1 aliphatic rings. The molecule has 0 aliphatic carbocycles. The summed E-state index contributed by atoms with van der Waals surface area (Å²) in [6.45, 7) is 0.778. The molecule has 1 aliphatic heterocycles. The van der Waals surface area contributed by atoms with Crippen molar-refractivity contribution in [2.45, 2.75) is 19.3 Å². The average Bonchev–Trinajstić information content (AvgIpc) is 2.53. The molecule has 1 saturated heterocycles. The Morgan fingerprint density at radius 2 is 2.23 bits per heavy atom. The van der Waals surface area contributed by atoms with E-state index in [1.54, 1.807) is 4.90 Å². The molecule has 1 aromatic heterocycles. The minimum absolute atomic E-state index is 0.162. The molecule has 2 heterocycles. The van der Waals surface area contributed by atoms with Crippen LogP contribution in [0.3, 0.4) is 0 Å². The van der Waals surface area contributed by atoms with E-state index in [2.05, 4.69) is 26.1 Å².